The van der Waals surface area contributed by atoms with Gasteiger partial charge in [0.05, 0.1) is 15.5 Å². The van der Waals surface area contributed by atoms with Gasteiger partial charge in [-0.2, -0.15) is 13.2 Å². The molecule has 0 unspecified atom stereocenters. The number of thioether (sulfide) groups is 1. The minimum absolute atomic E-state index is 0.0589. The van der Waals surface area contributed by atoms with E-state index in [9.17, 15) is 18.0 Å². The SMILES string of the molecule is O=C1NC(=S)S/C1=C\c1ccc(OCc2cccc(C(F)(F)F)c2)c(Cl)c1. The van der Waals surface area contributed by atoms with E-state index in [2.05, 4.69) is 5.32 Å². The molecule has 0 aromatic heterocycles. The van der Waals surface area contributed by atoms with Crippen molar-refractivity contribution in [1.82, 2.24) is 5.32 Å². The van der Waals surface area contributed by atoms with E-state index in [0.29, 0.717) is 26.1 Å². The van der Waals surface area contributed by atoms with Gasteiger partial charge in [-0.05, 0) is 41.5 Å². The minimum atomic E-state index is -4.41. The minimum Gasteiger partial charge on any atom is -0.487 e. The summed E-state index contributed by atoms with van der Waals surface area (Å²) >= 11 is 12.3. The largest absolute Gasteiger partial charge is 0.487 e. The standard InChI is InChI=1S/C18H11ClF3NO2S2/c19-13-7-10(8-15-16(24)23-17(26)27-15)4-5-14(13)25-9-11-2-1-3-12(6-11)18(20,21)22/h1-8H,9H2,(H,23,24,26)/b15-8-. The molecule has 1 amide bonds. The van der Waals surface area contributed by atoms with Gasteiger partial charge in [-0.25, -0.2) is 0 Å². The van der Waals surface area contributed by atoms with Crippen LogP contribution in [-0.4, -0.2) is 10.2 Å². The van der Waals surface area contributed by atoms with Crippen LogP contribution in [-0.2, 0) is 17.6 Å². The molecule has 1 fully saturated rings. The number of rotatable bonds is 4. The van der Waals surface area contributed by atoms with Crippen molar-refractivity contribution in [2.45, 2.75) is 12.8 Å². The summed E-state index contributed by atoms with van der Waals surface area (Å²) in [5.74, 6) is 0.0567. The van der Waals surface area contributed by atoms with Crippen LogP contribution in [0.3, 0.4) is 0 Å². The molecule has 9 heteroatoms. The maximum atomic E-state index is 12.8. The van der Waals surface area contributed by atoms with Crippen molar-refractivity contribution < 1.29 is 22.7 Å². The molecule has 27 heavy (non-hydrogen) atoms. The van der Waals surface area contributed by atoms with Crippen molar-refractivity contribution in [3.05, 3.63) is 69.1 Å². The lowest BCUT2D eigenvalue weighted by molar-refractivity contribution is -0.137. The monoisotopic (exact) mass is 429 g/mol. The fourth-order valence-electron chi connectivity index (χ4n) is 2.29. The molecule has 3 rings (SSSR count). The van der Waals surface area contributed by atoms with Gasteiger partial charge in [0, 0.05) is 0 Å². The van der Waals surface area contributed by atoms with Crippen LogP contribution in [0.25, 0.3) is 6.08 Å². The molecule has 0 bridgehead atoms. The summed E-state index contributed by atoms with van der Waals surface area (Å²) in [5, 5.41) is 2.80. The highest BCUT2D eigenvalue weighted by Gasteiger charge is 2.30. The zero-order valence-electron chi connectivity index (χ0n) is 13.5. The van der Waals surface area contributed by atoms with Crippen LogP contribution in [0.4, 0.5) is 13.2 Å². The van der Waals surface area contributed by atoms with Gasteiger partial charge in [-0.1, -0.05) is 53.8 Å². The first-order valence-corrected chi connectivity index (χ1v) is 9.16. The summed E-state index contributed by atoms with van der Waals surface area (Å²) < 4.78 is 44.2. The second kappa shape index (κ2) is 7.92. The van der Waals surface area contributed by atoms with Crippen LogP contribution in [0.2, 0.25) is 5.02 Å². The molecule has 0 spiro atoms. The second-order valence-electron chi connectivity index (χ2n) is 5.53. The number of halogens is 4. The Morgan fingerprint density at radius 1 is 1.22 bits per heavy atom. The fraction of sp³-hybridized carbons (Fsp3) is 0.111. The lowest BCUT2D eigenvalue weighted by atomic mass is 10.1. The summed E-state index contributed by atoms with van der Waals surface area (Å²) in [6, 6.07) is 9.79. The van der Waals surface area contributed by atoms with Gasteiger partial charge in [-0.3, -0.25) is 4.79 Å². The van der Waals surface area contributed by atoms with Gasteiger partial charge < -0.3 is 10.1 Å². The van der Waals surface area contributed by atoms with Gasteiger partial charge in [0.1, 0.15) is 16.7 Å². The molecule has 0 radical (unpaired) electrons. The van der Waals surface area contributed by atoms with Gasteiger partial charge in [-0.15, -0.1) is 0 Å². The summed E-state index contributed by atoms with van der Waals surface area (Å²) in [6.07, 6.45) is -2.77. The van der Waals surface area contributed by atoms with Crippen LogP contribution in [0.15, 0.2) is 47.4 Å². The lowest BCUT2D eigenvalue weighted by Gasteiger charge is -2.11. The van der Waals surface area contributed by atoms with Crippen molar-refractivity contribution in [1.29, 1.82) is 0 Å². The molecule has 2 aromatic rings. The van der Waals surface area contributed by atoms with Gasteiger partial charge in [0.25, 0.3) is 5.91 Å². The predicted octanol–water partition coefficient (Wildman–Crippen LogP) is 5.43. The Bertz CT molecular complexity index is 944. The first-order chi connectivity index (χ1) is 12.7. The number of ether oxygens (including phenoxy) is 1. The van der Waals surface area contributed by atoms with Crippen molar-refractivity contribution in [2.24, 2.45) is 0 Å². The highest BCUT2D eigenvalue weighted by molar-refractivity contribution is 8.26. The van der Waals surface area contributed by atoms with Gasteiger partial charge in [0.15, 0.2) is 0 Å². The van der Waals surface area contributed by atoms with E-state index in [4.69, 9.17) is 28.6 Å². The Morgan fingerprint density at radius 3 is 2.63 bits per heavy atom. The first-order valence-electron chi connectivity index (χ1n) is 7.56. The summed E-state index contributed by atoms with van der Waals surface area (Å²) in [6.45, 7) is -0.0589. The second-order valence-corrected chi connectivity index (χ2v) is 7.65. The Balaban J connectivity index is 1.71. The quantitative estimate of drug-likeness (QED) is 0.519. The Hall–Kier alpha value is -2.03. The number of carbonyl (C=O) groups is 1. The van der Waals surface area contributed by atoms with E-state index in [1.54, 1.807) is 30.3 Å². The number of hydrogen-bond donors (Lipinski definition) is 1. The number of thiocarbonyl (C=S) groups is 1. The van der Waals surface area contributed by atoms with E-state index in [0.717, 1.165) is 23.9 Å². The molecule has 0 saturated carbocycles. The number of hydrogen-bond acceptors (Lipinski definition) is 4. The van der Waals surface area contributed by atoms with Crippen LogP contribution in [0.5, 0.6) is 5.75 Å². The third-order valence-electron chi connectivity index (χ3n) is 3.54. The molecule has 1 N–H and O–H groups in total. The first kappa shape index (κ1) is 19.7. The van der Waals surface area contributed by atoms with E-state index in [1.807, 2.05) is 0 Å². The molecule has 0 aliphatic carbocycles. The fourth-order valence-corrected chi connectivity index (χ4v) is 3.58. The number of nitrogens with one attached hydrogen (secondary N) is 1. The average molecular weight is 430 g/mol. The van der Waals surface area contributed by atoms with Crippen molar-refractivity contribution in [3.63, 3.8) is 0 Å². The molecule has 0 atom stereocenters. The zero-order valence-corrected chi connectivity index (χ0v) is 15.9. The van der Waals surface area contributed by atoms with Gasteiger partial charge >= 0.3 is 6.18 Å². The highest BCUT2D eigenvalue weighted by atomic mass is 35.5. The average Bonchev–Trinajstić information content (AvgIpc) is 2.91. The van der Waals surface area contributed by atoms with Crippen LogP contribution < -0.4 is 10.1 Å². The van der Waals surface area contributed by atoms with E-state index in [1.165, 1.54) is 6.07 Å². The number of amides is 1. The summed E-state index contributed by atoms with van der Waals surface area (Å²) in [4.78, 5) is 12.1. The van der Waals surface area contributed by atoms with Crippen LogP contribution in [0.1, 0.15) is 16.7 Å². The Kier molecular flexibility index (Phi) is 5.78. The zero-order chi connectivity index (χ0) is 19.6. The third-order valence-corrected chi connectivity index (χ3v) is 5.00. The molecule has 1 saturated heterocycles. The van der Waals surface area contributed by atoms with E-state index >= 15 is 0 Å². The molecular weight excluding hydrogens is 419 g/mol. The molecule has 3 nitrogen and oxygen atoms in total. The van der Waals surface area contributed by atoms with Crippen LogP contribution in [0, 0.1) is 0 Å². The van der Waals surface area contributed by atoms with Crippen molar-refractivity contribution in [3.8, 4) is 5.75 Å². The predicted molar refractivity (Wildman–Crippen MR) is 104 cm³/mol. The Morgan fingerprint density at radius 2 is 2.00 bits per heavy atom. The highest BCUT2D eigenvalue weighted by Crippen LogP contribution is 2.32. The molecule has 140 valence electrons. The van der Waals surface area contributed by atoms with E-state index in [-0.39, 0.29) is 17.5 Å². The topological polar surface area (TPSA) is 38.3 Å². The number of carbonyl (C=O) groups excluding carboxylic acids is 1. The number of alkyl halides is 3. The molecule has 2 aromatic carbocycles. The maximum absolute atomic E-state index is 12.8. The van der Waals surface area contributed by atoms with Gasteiger partial charge in [0.2, 0.25) is 0 Å². The molecule has 1 heterocycles. The molecular formula is C18H11ClF3NO2S2. The smallest absolute Gasteiger partial charge is 0.416 e. The molecule has 1 aliphatic rings. The van der Waals surface area contributed by atoms with Crippen molar-refractivity contribution >= 4 is 51.9 Å². The molecule has 1 aliphatic heterocycles. The normalized spacial score (nSPS) is 15.9. The number of benzene rings is 2. The van der Waals surface area contributed by atoms with E-state index < -0.39 is 11.7 Å². The van der Waals surface area contributed by atoms with Crippen molar-refractivity contribution in [2.75, 3.05) is 0 Å². The third kappa shape index (κ3) is 5.03. The summed E-state index contributed by atoms with van der Waals surface area (Å²) in [7, 11) is 0. The Labute approximate surface area is 167 Å². The van der Waals surface area contributed by atoms with Crippen LogP contribution >= 0.6 is 35.6 Å². The maximum Gasteiger partial charge on any atom is 0.416 e. The lowest BCUT2D eigenvalue weighted by Crippen LogP contribution is -2.17. The summed E-state index contributed by atoms with van der Waals surface area (Å²) in [5.41, 5.74) is 0.315.